The van der Waals surface area contributed by atoms with E-state index in [2.05, 4.69) is 21.2 Å². The Morgan fingerprint density at radius 2 is 1.81 bits per heavy atom. The highest BCUT2D eigenvalue weighted by Crippen LogP contribution is 2.38. The zero-order valence-electron chi connectivity index (χ0n) is 16.9. The molecule has 0 fully saturated rings. The molecule has 0 aliphatic heterocycles. The number of ether oxygens (including phenoxy) is 3. The van der Waals surface area contributed by atoms with E-state index in [0.717, 1.165) is 15.6 Å². The Balaban J connectivity index is 1.78. The fourth-order valence-electron chi connectivity index (χ4n) is 2.96. The van der Waals surface area contributed by atoms with Crippen molar-refractivity contribution in [2.24, 2.45) is 0 Å². The van der Waals surface area contributed by atoms with Gasteiger partial charge in [0.1, 0.15) is 12.4 Å². The highest BCUT2D eigenvalue weighted by Gasteiger charge is 2.14. The van der Waals surface area contributed by atoms with Crippen molar-refractivity contribution in [3.8, 4) is 17.2 Å². The molecule has 0 heterocycles. The van der Waals surface area contributed by atoms with E-state index < -0.39 is 5.97 Å². The fraction of sp³-hybridized carbons (Fsp3) is 0.174. The maximum atomic E-state index is 11.3. The maximum absolute atomic E-state index is 11.3. The summed E-state index contributed by atoms with van der Waals surface area (Å²) in [7, 11) is 3.10. The fourth-order valence-corrected chi connectivity index (χ4v) is 3.75. The number of nitrogens with one attached hydrogen (secondary N) is 1. The summed E-state index contributed by atoms with van der Waals surface area (Å²) in [6, 6.07) is 15.9. The third kappa shape index (κ3) is 5.62. The lowest BCUT2D eigenvalue weighted by molar-refractivity contribution is 0.0697. The van der Waals surface area contributed by atoms with Gasteiger partial charge in [-0.05, 0) is 57.9 Å². The summed E-state index contributed by atoms with van der Waals surface area (Å²) in [5, 5.41) is 13.1. The highest BCUT2D eigenvalue weighted by atomic mass is 79.9. The van der Waals surface area contributed by atoms with Crippen LogP contribution in [0.3, 0.4) is 0 Å². The molecule has 162 valence electrons. The number of rotatable bonds is 9. The van der Waals surface area contributed by atoms with Gasteiger partial charge < -0.3 is 24.6 Å². The molecular formula is C23H21BrClNO5. The van der Waals surface area contributed by atoms with Crippen LogP contribution in [0.2, 0.25) is 5.02 Å². The molecule has 0 aliphatic rings. The van der Waals surface area contributed by atoms with Crippen LogP contribution in [0.15, 0.2) is 59.1 Å². The largest absolute Gasteiger partial charge is 0.495 e. The summed E-state index contributed by atoms with van der Waals surface area (Å²) in [5.41, 5.74) is 2.52. The number of hydrogen-bond acceptors (Lipinski definition) is 5. The lowest BCUT2D eigenvalue weighted by atomic mass is 10.1. The number of carboxylic acids is 1. The first-order valence-electron chi connectivity index (χ1n) is 9.30. The second-order valence-electron chi connectivity index (χ2n) is 6.56. The van der Waals surface area contributed by atoms with E-state index >= 15 is 0 Å². The summed E-state index contributed by atoms with van der Waals surface area (Å²) in [6.45, 7) is 0.713. The molecule has 8 heteroatoms. The van der Waals surface area contributed by atoms with E-state index in [1.807, 2.05) is 36.4 Å². The molecule has 6 nitrogen and oxygen atoms in total. The highest BCUT2D eigenvalue weighted by molar-refractivity contribution is 9.10. The Morgan fingerprint density at radius 3 is 2.48 bits per heavy atom. The Kier molecular flexibility index (Phi) is 7.65. The lowest BCUT2D eigenvalue weighted by Gasteiger charge is -2.16. The van der Waals surface area contributed by atoms with Gasteiger partial charge >= 0.3 is 5.97 Å². The summed E-state index contributed by atoms with van der Waals surface area (Å²) in [6.07, 6.45) is 0. The zero-order valence-corrected chi connectivity index (χ0v) is 19.3. The Morgan fingerprint density at radius 1 is 1.06 bits per heavy atom. The number of benzene rings is 3. The van der Waals surface area contributed by atoms with E-state index in [9.17, 15) is 9.90 Å². The number of aromatic carboxylic acids is 1. The monoisotopic (exact) mass is 505 g/mol. The van der Waals surface area contributed by atoms with Crippen molar-refractivity contribution in [2.75, 3.05) is 19.5 Å². The van der Waals surface area contributed by atoms with E-state index in [1.165, 1.54) is 19.2 Å². The minimum atomic E-state index is -1.00. The van der Waals surface area contributed by atoms with Crippen LogP contribution in [0.5, 0.6) is 17.2 Å². The normalized spacial score (nSPS) is 10.5. The maximum Gasteiger partial charge on any atom is 0.335 e. The van der Waals surface area contributed by atoms with Crippen LogP contribution in [0.1, 0.15) is 21.5 Å². The van der Waals surface area contributed by atoms with Gasteiger partial charge in [-0.2, -0.15) is 0 Å². The predicted molar refractivity (Wildman–Crippen MR) is 124 cm³/mol. The molecule has 0 aromatic heterocycles. The van der Waals surface area contributed by atoms with Crippen molar-refractivity contribution in [2.45, 2.75) is 13.2 Å². The van der Waals surface area contributed by atoms with Crippen LogP contribution in [-0.2, 0) is 13.2 Å². The zero-order chi connectivity index (χ0) is 22.4. The van der Waals surface area contributed by atoms with Crippen molar-refractivity contribution in [1.29, 1.82) is 0 Å². The van der Waals surface area contributed by atoms with E-state index in [0.29, 0.717) is 41.1 Å². The molecule has 0 amide bonds. The van der Waals surface area contributed by atoms with Gasteiger partial charge in [0, 0.05) is 17.1 Å². The van der Waals surface area contributed by atoms with Crippen LogP contribution in [0, 0.1) is 0 Å². The molecule has 3 rings (SSSR count). The van der Waals surface area contributed by atoms with Crippen LogP contribution in [0.25, 0.3) is 0 Å². The molecule has 3 aromatic rings. The van der Waals surface area contributed by atoms with E-state index in [-0.39, 0.29) is 5.56 Å². The summed E-state index contributed by atoms with van der Waals surface area (Å²) in [4.78, 5) is 11.3. The van der Waals surface area contributed by atoms with Gasteiger partial charge in [0.15, 0.2) is 11.5 Å². The quantitative estimate of drug-likeness (QED) is 0.370. The molecule has 0 spiro atoms. The van der Waals surface area contributed by atoms with Crippen molar-refractivity contribution in [1.82, 2.24) is 0 Å². The van der Waals surface area contributed by atoms with Gasteiger partial charge in [0.05, 0.1) is 29.9 Å². The molecule has 0 bridgehead atoms. The predicted octanol–water partition coefficient (Wildman–Crippen LogP) is 6.01. The summed E-state index contributed by atoms with van der Waals surface area (Å²) < 4.78 is 17.5. The number of carbonyl (C=O) groups is 1. The van der Waals surface area contributed by atoms with Crippen LogP contribution in [0.4, 0.5) is 5.69 Å². The average Bonchev–Trinajstić information content (AvgIpc) is 2.77. The lowest BCUT2D eigenvalue weighted by Crippen LogP contribution is -2.05. The molecule has 0 saturated carbocycles. The number of carboxylic acid groups (broad SMARTS) is 1. The summed E-state index contributed by atoms with van der Waals surface area (Å²) >= 11 is 9.75. The molecule has 0 atom stereocenters. The van der Waals surface area contributed by atoms with Crippen molar-refractivity contribution in [3.63, 3.8) is 0 Å². The Bertz CT molecular complexity index is 1090. The second-order valence-corrected chi connectivity index (χ2v) is 7.82. The number of hydrogen-bond donors (Lipinski definition) is 2. The molecule has 0 radical (unpaired) electrons. The van der Waals surface area contributed by atoms with Crippen molar-refractivity contribution < 1.29 is 24.1 Å². The summed E-state index contributed by atoms with van der Waals surface area (Å²) in [5.74, 6) is 0.673. The standard InChI is InChI=1S/C23H21BrClNO5/c1-29-20-8-7-15(23(27)28)11-19(20)26-12-14-9-17(24)22(21(10-14)30-2)31-13-16-5-3-4-6-18(16)25/h3-11,26H,12-13H2,1-2H3,(H,27,28). The molecule has 0 aliphatic carbocycles. The third-order valence-electron chi connectivity index (χ3n) is 4.55. The van der Waals surface area contributed by atoms with Gasteiger partial charge in [0.2, 0.25) is 0 Å². The van der Waals surface area contributed by atoms with Gasteiger partial charge in [-0.25, -0.2) is 4.79 Å². The first-order valence-corrected chi connectivity index (χ1v) is 10.5. The minimum Gasteiger partial charge on any atom is -0.495 e. The Labute approximate surface area is 193 Å². The van der Waals surface area contributed by atoms with Gasteiger partial charge in [-0.15, -0.1) is 0 Å². The van der Waals surface area contributed by atoms with Crippen LogP contribution < -0.4 is 19.5 Å². The van der Waals surface area contributed by atoms with Gasteiger partial charge in [0.25, 0.3) is 0 Å². The minimum absolute atomic E-state index is 0.172. The molecule has 0 unspecified atom stereocenters. The Hall–Kier alpha value is -2.90. The number of methoxy groups -OCH3 is 2. The third-order valence-corrected chi connectivity index (χ3v) is 5.51. The SMILES string of the molecule is COc1ccc(C(=O)O)cc1NCc1cc(Br)c(OCc2ccccc2Cl)c(OC)c1. The van der Waals surface area contributed by atoms with Crippen molar-refractivity contribution in [3.05, 3.63) is 80.8 Å². The van der Waals surface area contributed by atoms with Gasteiger partial charge in [-0.1, -0.05) is 29.8 Å². The molecule has 2 N–H and O–H groups in total. The smallest absolute Gasteiger partial charge is 0.335 e. The molecular weight excluding hydrogens is 486 g/mol. The second kappa shape index (κ2) is 10.4. The average molecular weight is 507 g/mol. The molecule has 0 saturated heterocycles. The number of halogens is 2. The molecule has 31 heavy (non-hydrogen) atoms. The first-order chi connectivity index (χ1) is 14.9. The van der Waals surface area contributed by atoms with Crippen molar-refractivity contribution >= 4 is 39.2 Å². The first kappa shape index (κ1) is 22.8. The van der Waals surface area contributed by atoms with E-state index in [1.54, 1.807) is 13.2 Å². The number of anilines is 1. The van der Waals surface area contributed by atoms with E-state index in [4.69, 9.17) is 25.8 Å². The topological polar surface area (TPSA) is 77.0 Å². The van der Waals surface area contributed by atoms with Crippen LogP contribution in [-0.4, -0.2) is 25.3 Å². The van der Waals surface area contributed by atoms with Crippen LogP contribution >= 0.6 is 27.5 Å². The molecule has 3 aromatic carbocycles. The van der Waals surface area contributed by atoms with Gasteiger partial charge in [-0.3, -0.25) is 0 Å².